The number of hydrogen-bond acceptors (Lipinski definition) is 2. The number of nitriles is 1. The molecule has 84 valence electrons. The highest BCUT2D eigenvalue weighted by molar-refractivity contribution is 9.10. The fraction of sp³-hybridized carbons (Fsp3) is 0.0714. The van der Waals surface area contributed by atoms with Crippen LogP contribution in [0, 0.1) is 18.3 Å². The van der Waals surface area contributed by atoms with Crippen LogP contribution in [0.3, 0.4) is 0 Å². The zero-order valence-corrected chi connectivity index (χ0v) is 10.9. The predicted octanol–water partition coefficient (Wildman–Crippen LogP) is 4.42. The minimum absolute atomic E-state index is 0.538. The summed E-state index contributed by atoms with van der Waals surface area (Å²) in [5.41, 5.74) is 1.60. The third kappa shape index (κ3) is 2.86. The van der Waals surface area contributed by atoms with Crippen LogP contribution in [0.1, 0.15) is 11.1 Å². The highest BCUT2D eigenvalue weighted by atomic mass is 79.9. The van der Waals surface area contributed by atoms with Gasteiger partial charge in [0.05, 0.1) is 5.56 Å². The minimum atomic E-state index is 0.538. The lowest BCUT2D eigenvalue weighted by molar-refractivity contribution is 0.480. The van der Waals surface area contributed by atoms with Gasteiger partial charge in [-0.1, -0.05) is 28.1 Å². The molecule has 2 nitrogen and oxygen atoms in total. The van der Waals surface area contributed by atoms with Gasteiger partial charge in [-0.25, -0.2) is 0 Å². The Kier molecular flexibility index (Phi) is 3.46. The predicted molar refractivity (Wildman–Crippen MR) is 70.1 cm³/mol. The number of halogens is 1. The van der Waals surface area contributed by atoms with E-state index in [0.29, 0.717) is 17.1 Å². The molecule has 0 aliphatic heterocycles. The number of nitrogens with zero attached hydrogens (tertiary/aromatic N) is 1. The normalized spacial score (nSPS) is 9.71. The number of aryl methyl sites for hydroxylation is 1. The van der Waals surface area contributed by atoms with Crippen LogP contribution in [0.2, 0.25) is 0 Å². The standard InChI is InChI=1S/C14H10BrNO/c1-10-5-6-11(9-16)14(7-10)17-13-4-2-3-12(15)8-13/h2-8H,1H3. The maximum atomic E-state index is 9.00. The zero-order valence-electron chi connectivity index (χ0n) is 9.27. The molecule has 2 aromatic rings. The lowest BCUT2D eigenvalue weighted by atomic mass is 10.1. The fourth-order valence-electron chi connectivity index (χ4n) is 1.46. The Bertz CT molecular complexity index is 587. The van der Waals surface area contributed by atoms with E-state index in [-0.39, 0.29) is 0 Å². The molecule has 0 saturated heterocycles. The Morgan fingerprint density at radius 3 is 2.71 bits per heavy atom. The van der Waals surface area contributed by atoms with E-state index < -0.39 is 0 Å². The van der Waals surface area contributed by atoms with Crippen molar-refractivity contribution in [1.29, 1.82) is 5.26 Å². The molecule has 0 aromatic heterocycles. The van der Waals surface area contributed by atoms with Gasteiger partial charge < -0.3 is 4.74 Å². The first-order valence-corrected chi connectivity index (χ1v) is 5.92. The first-order valence-electron chi connectivity index (χ1n) is 5.13. The Hall–Kier alpha value is -1.79. The van der Waals surface area contributed by atoms with Crippen molar-refractivity contribution in [3.05, 3.63) is 58.1 Å². The Labute approximate surface area is 109 Å². The molecule has 0 unspecified atom stereocenters. The second-order valence-corrected chi connectivity index (χ2v) is 4.59. The van der Waals surface area contributed by atoms with E-state index in [0.717, 1.165) is 10.0 Å². The smallest absolute Gasteiger partial charge is 0.145 e. The molecule has 0 aliphatic rings. The summed E-state index contributed by atoms with van der Waals surface area (Å²) in [4.78, 5) is 0. The number of ether oxygens (including phenoxy) is 1. The molecular weight excluding hydrogens is 278 g/mol. The molecule has 0 N–H and O–H groups in total. The molecule has 0 bridgehead atoms. The van der Waals surface area contributed by atoms with Crippen LogP contribution < -0.4 is 4.74 Å². The third-order valence-electron chi connectivity index (χ3n) is 2.28. The van der Waals surface area contributed by atoms with E-state index >= 15 is 0 Å². The monoisotopic (exact) mass is 287 g/mol. The molecule has 0 aliphatic carbocycles. The molecule has 0 saturated carbocycles. The highest BCUT2D eigenvalue weighted by Crippen LogP contribution is 2.27. The number of rotatable bonds is 2. The van der Waals surface area contributed by atoms with E-state index in [1.165, 1.54) is 0 Å². The van der Waals surface area contributed by atoms with Gasteiger partial charge in [0.1, 0.15) is 17.6 Å². The summed E-state index contributed by atoms with van der Waals surface area (Å²) in [6.07, 6.45) is 0. The summed E-state index contributed by atoms with van der Waals surface area (Å²) in [5, 5.41) is 9.00. The molecule has 0 fully saturated rings. The summed E-state index contributed by atoms with van der Waals surface area (Å²) >= 11 is 3.38. The van der Waals surface area contributed by atoms with Crippen molar-refractivity contribution in [3.8, 4) is 17.6 Å². The minimum Gasteiger partial charge on any atom is -0.456 e. The van der Waals surface area contributed by atoms with E-state index in [2.05, 4.69) is 22.0 Å². The van der Waals surface area contributed by atoms with E-state index in [4.69, 9.17) is 10.00 Å². The second kappa shape index (κ2) is 5.03. The van der Waals surface area contributed by atoms with Crippen molar-refractivity contribution in [2.24, 2.45) is 0 Å². The fourth-order valence-corrected chi connectivity index (χ4v) is 1.84. The zero-order chi connectivity index (χ0) is 12.3. The summed E-state index contributed by atoms with van der Waals surface area (Å²) in [5.74, 6) is 1.30. The molecule has 3 heteroatoms. The lowest BCUT2D eigenvalue weighted by Crippen LogP contribution is -1.89. The maximum Gasteiger partial charge on any atom is 0.145 e. The summed E-state index contributed by atoms with van der Waals surface area (Å²) in [6, 6.07) is 15.2. The van der Waals surface area contributed by atoms with Gasteiger partial charge in [0, 0.05) is 4.47 Å². The van der Waals surface area contributed by atoms with Crippen molar-refractivity contribution < 1.29 is 4.74 Å². The average Bonchev–Trinajstić information content (AvgIpc) is 2.29. The molecule has 0 atom stereocenters. The largest absolute Gasteiger partial charge is 0.456 e. The first kappa shape index (κ1) is 11.7. The van der Waals surface area contributed by atoms with Crippen molar-refractivity contribution in [1.82, 2.24) is 0 Å². The van der Waals surface area contributed by atoms with Gasteiger partial charge in [-0.15, -0.1) is 0 Å². The second-order valence-electron chi connectivity index (χ2n) is 3.67. The van der Waals surface area contributed by atoms with Crippen LogP contribution >= 0.6 is 15.9 Å². The van der Waals surface area contributed by atoms with Crippen LogP contribution in [0.15, 0.2) is 46.9 Å². The Morgan fingerprint density at radius 1 is 1.18 bits per heavy atom. The van der Waals surface area contributed by atoms with Gasteiger partial charge in [0.25, 0.3) is 0 Å². The van der Waals surface area contributed by atoms with Crippen LogP contribution in [0.4, 0.5) is 0 Å². The molecule has 2 aromatic carbocycles. The number of benzene rings is 2. The Morgan fingerprint density at radius 2 is 2.00 bits per heavy atom. The van der Waals surface area contributed by atoms with Crippen molar-refractivity contribution in [3.63, 3.8) is 0 Å². The average molecular weight is 288 g/mol. The van der Waals surface area contributed by atoms with Gasteiger partial charge >= 0.3 is 0 Å². The van der Waals surface area contributed by atoms with Gasteiger partial charge in [-0.3, -0.25) is 0 Å². The van der Waals surface area contributed by atoms with Crippen LogP contribution in [-0.4, -0.2) is 0 Å². The Balaban J connectivity index is 2.36. The number of hydrogen-bond donors (Lipinski definition) is 0. The van der Waals surface area contributed by atoms with E-state index in [1.807, 2.05) is 43.3 Å². The van der Waals surface area contributed by atoms with Crippen LogP contribution in [0.25, 0.3) is 0 Å². The SMILES string of the molecule is Cc1ccc(C#N)c(Oc2cccc(Br)c2)c1. The lowest BCUT2D eigenvalue weighted by Gasteiger charge is -2.08. The van der Waals surface area contributed by atoms with E-state index in [9.17, 15) is 0 Å². The van der Waals surface area contributed by atoms with Crippen molar-refractivity contribution >= 4 is 15.9 Å². The first-order chi connectivity index (χ1) is 8.19. The molecule has 0 amide bonds. The molecule has 17 heavy (non-hydrogen) atoms. The van der Waals surface area contributed by atoms with Gasteiger partial charge in [-0.2, -0.15) is 5.26 Å². The van der Waals surface area contributed by atoms with Gasteiger partial charge in [-0.05, 0) is 42.8 Å². The third-order valence-corrected chi connectivity index (χ3v) is 2.77. The molecule has 0 heterocycles. The van der Waals surface area contributed by atoms with Crippen molar-refractivity contribution in [2.75, 3.05) is 0 Å². The summed E-state index contributed by atoms with van der Waals surface area (Å²) in [6.45, 7) is 1.97. The molecule has 0 radical (unpaired) electrons. The van der Waals surface area contributed by atoms with Gasteiger partial charge in [0.15, 0.2) is 0 Å². The molecular formula is C14H10BrNO. The summed E-state index contributed by atoms with van der Waals surface area (Å²) < 4.78 is 6.66. The van der Waals surface area contributed by atoms with Crippen molar-refractivity contribution in [2.45, 2.75) is 6.92 Å². The molecule has 0 spiro atoms. The van der Waals surface area contributed by atoms with E-state index in [1.54, 1.807) is 6.07 Å². The highest BCUT2D eigenvalue weighted by Gasteiger charge is 2.05. The topological polar surface area (TPSA) is 33.0 Å². The van der Waals surface area contributed by atoms with Gasteiger partial charge in [0.2, 0.25) is 0 Å². The summed E-state index contributed by atoms with van der Waals surface area (Å²) in [7, 11) is 0. The molecule has 2 rings (SSSR count). The quantitative estimate of drug-likeness (QED) is 0.819. The van der Waals surface area contributed by atoms with Crippen LogP contribution in [-0.2, 0) is 0 Å². The maximum absolute atomic E-state index is 9.00. The van der Waals surface area contributed by atoms with Crippen LogP contribution in [0.5, 0.6) is 11.5 Å².